The topological polar surface area (TPSA) is 34.0 Å². The molecule has 0 atom stereocenters. The molecule has 0 bridgehead atoms. The molecule has 2 rings (SSSR count). The molecule has 0 spiro atoms. The van der Waals surface area contributed by atoms with Crippen LogP contribution in [-0.2, 0) is 6.54 Å². The number of aromatic nitrogens is 3. The normalized spacial score (nSPS) is 17.7. The van der Waals surface area contributed by atoms with Crippen molar-refractivity contribution < 1.29 is 0 Å². The molecule has 5 heteroatoms. The van der Waals surface area contributed by atoms with Crippen LogP contribution < -0.4 is 0 Å². The first-order chi connectivity index (χ1) is 6.45. The van der Waals surface area contributed by atoms with Crippen LogP contribution in [0.2, 0.25) is 0 Å². The minimum Gasteiger partial charge on any atom is -0.301 e. The van der Waals surface area contributed by atoms with E-state index in [1.165, 1.54) is 32.4 Å². The largest absolute Gasteiger partial charge is 0.301 e. The predicted molar refractivity (Wildman–Crippen MR) is 57.6 cm³/mol. The van der Waals surface area contributed by atoms with E-state index in [0.29, 0.717) is 0 Å². The van der Waals surface area contributed by atoms with Crippen LogP contribution in [0.15, 0.2) is 12.4 Å². The van der Waals surface area contributed by atoms with Gasteiger partial charge in [-0.3, -0.25) is 0 Å². The lowest BCUT2D eigenvalue weighted by molar-refractivity contribution is 0.214. The Bertz CT molecular complexity index is 231. The molecule has 0 amide bonds. The maximum Gasteiger partial charge on any atom is 0.0734 e. The van der Waals surface area contributed by atoms with Gasteiger partial charge in [-0.2, -0.15) is 15.0 Å². The van der Waals surface area contributed by atoms with Crippen molar-refractivity contribution in [1.82, 2.24) is 19.9 Å². The van der Waals surface area contributed by atoms with E-state index < -0.39 is 0 Å². The Morgan fingerprint density at radius 3 is 2.21 bits per heavy atom. The van der Waals surface area contributed by atoms with E-state index in [-0.39, 0.29) is 12.4 Å². The fourth-order valence-electron chi connectivity index (χ4n) is 1.77. The van der Waals surface area contributed by atoms with E-state index in [9.17, 15) is 0 Å². The van der Waals surface area contributed by atoms with E-state index in [4.69, 9.17) is 0 Å². The molecule has 0 aliphatic carbocycles. The second-order valence-corrected chi connectivity index (χ2v) is 3.53. The van der Waals surface area contributed by atoms with Gasteiger partial charge >= 0.3 is 0 Å². The van der Waals surface area contributed by atoms with Gasteiger partial charge in [0.15, 0.2) is 0 Å². The standard InChI is InChI=1S/C9H16N4.ClH/c1-2-6-12(7-3-1)8-9-13-10-4-5-11-13;/h4-5H,1-3,6-9H2;1H. The molecule has 1 aliphatic rings. The van der Waals surface area contributed by atoms with Crippen LogP contribution in [0.1, 0.15) is 19.3 Å². The SMILES string of the molecule is Cl.c1cnn(CCN2CCCCC2)n1. The van der Waals surface area contributed by atoms with Crippen LogP contribution in [0, 0.1) is 0 Å². The lowest BCUT2D eigenvalue weighted by atomic mass is 10.1. The molecule has 0 unspecified atom stereocenters. The Labute approximate surface area is 90.7 Å². The molecule has 1 fully saturated rings. The molecule has 0 saturated carbocycles. The summed E-state index contributed by atoms with van der Waals surface area (Å²) in [5, 5.41) is 8.16. The van der Waals surface area contributed by atoms with Gasteiger partial charge in [-0.05, 0) is 25.9 Å². The first-order valence-electron chi connectivity index (χ1n) is 5.01. The van der Waals surface area contributed by atoms with Crippen molar-refractivity contribution in [3.8, 4) is 0 Å². The van der Waals surface area contributed by atoms with Crippen molar-refractivity contribution >= 4 is 12.4 Å². The zero-order chi connectivity index (χ0) is 8.93. The van der Waals surface area contributed by atoms with E-state index in [0.717, 1.165) is 13.1 Å². The zero-order valence-electron chi connectivity index (χ0n) is 8.30. The van der Waals surface area contributed by atoms with Crippen molar-refractivity contribution in [2.24, 2.45) is 0 Å². The minimum atomic E-state index is 0. The molecule has 4 nitrogen and oxygen atoms in total. The van der Waals surface area contributed by atoms with E-state index in [2.05, 4.69) is 15.1 Å². The summed E-state index contributed by atoms with van der Waals surface area (Å²) in [5.74, 6) is 0. The molecular weight excluding hydrogens is 200 g/mol. The third-order valence-electron chi connectivity index (χ3n) is 2.53. The number of likely N-dealkylation sites (tertiary alicyclic amines) is 1. The molecule has 2 heterocycles. The van der Waals surface area contributed by atoms with Crippen LogP contribution in [-0.4, -0.2) is 39.5 Å². The van der Waals surface area contributed by atoms with Crippen molar-refractivity contribution in [2.45, 2.75) is 25.8 Å². The van der Waals surface area contributed by atoms with Gasteiger partial charge in [0.05, 0.1) is 18.9 Å². The number of halogens is 1. The van der Waals surface area contributed by atoms with Crippen molar-refractivity contribution in [2.75, 3.05) is 19.6 Å². The van der Waals surface area contributed by atoms with Crippen LogP contribution in [0.25, 0.3) is 0 Å². The Morgan fingerprint density at radius 2 is 1.57 bits per heavy atom. The Kier molecular flexibility index (Phi) is 4.90. The van der Waals surface area contributed by atoms with Crippen LogP contribution in [0.5, 0.6) is 0 Å². The van der Waals surface area contributed by atoms with Crippen molar-refractivity contribution in [3.63, 3.8) is 0 Å². The third kappa shape index (κ3) is 3.27. The van der Waals surface area contributed by atoms with E-state index >= 15 is 0 Å². The summed E-state index contributed by atoms with van der Waals surface area (Å²) in [6, 6.07) is 0. The molecule has 1 aromatic heterocycles. The third-order valence-corrected chi connectivity index (χ3v) is 2.53. The smallest absolute Gasteiger partial charge is 0.0734 e. The predicted octanol–water partition coefficient (Wildman–Crippen LogP) is 1.19. The quantitative estimate of drug-likeness (QED) is 0.761. The summed E-state index contributed by atoms with van der Waals surface area (Å²) in [4.78, 5) is 4.25. The van der Waals surface area contributed by atoms with Gasteiger partial charge in [-0.1, -0.05) is 6.42 Å². The average molecular weight is 217 g/mol. The summed E-state index contributed by atoms with van der Waals surface area (Å²) in [7, 11) is 0. The highest BCUT2D eigenvalue weighted by atomic mass is 35.5. The molecule has 14 heavy (non-hydrogen) atoms. The van der Waals surface area contributed by atoms with Crippen LogP contribution in [0.4, 0.5) is 0 Å². The van der Waals surface area contributed by atoms with Crippen LogP contribution >= 0.6 is 12.4 Å². The summed E-state index contributed by atoms with van der Waals surface area (Å²) in [5.41, 5.74) is 0. The average Bonchev–Trinajstić information content (AvgIpc) is 2.69. The summed E-state index contributed by atoms with van der Waals surface area (Å²) in [6.07, 6.45) is 7.57. The van der Waals surface area contributed by atoms with Crippen molar-refractivity contribution in [1.29, 1.82) is 0 Å². The van der Waals surface area contributed by atoms with Gasteiger partial charge in [-0.15, -0.1) is 12.4 Å². The second kappa shape index (κ2) is 5.98. The first kappa shape index (κ1) is 11.5. The lowest BCUT2D eigenvalue weighted by Gasteiger charge is -2.25. The molecule has 1 aliphatic heterocycles. The maximum absolute atomic E-state index is 4.08. The zero-order valence-corrected chi connectivity index (χ0v) is 9.12. The number of hydrogen-bond acceptors (Lipinski definition) is 3. The van der Waals surface area contributed by atoms with Gasteiger partial charge in [0.1, 0.15) is 0 Å². The molecule has 1 saturated heterocycles. The molecule has 0 aromatic carbocycles. The molecule has 1 aromatic rings. The lowest BCUT2D eigenvalue weighted by Crippen LogP contribution is -2.32. The molecule has 0 N–H and O–H groups in total. The van der Waals surface area contributed by atoms with Gasteiger partial charge in [-0.25, -0.2) is 0 Å². The second-order valence-electron chi connectivity index (χ2n) is 3.53. The number of piperidine rings is 1. The summed E-state index contributed by atoms with van der Waals surface area (Å²) >= 11 is 0. The Balaban J connectivity index is 0.000000980. The van der Waals surface area contributed by atoms with Crippen molar-refractivity contribution in [3.05, 3.63) is 12.4 Å². The number of nitrogens with zero attached hydrogens (tertiary/aromatic N) is 4. The van der Waals surface area contributed by atoms with Crippen LogP contribution in [0.3, 0.4) is 0 Å². The van der Waals surface area contributed by atoms with Gasteiger partial charge in [0, 0.05) is 6.54 Å². The highest BCUT2D eigenvalue weighted by molar-refractivity contribution is 5.85. The Morgan fingerprint density at radius 1 is 0.929 bits per heavy atom. The maximum atomic E-state index is 4.08. The fraction of sp³-hybridized carbons (Fsp3) is 0.778. The first-order valence-corrected chi connectivity index (χ1v) is 5.01. The molecular formula is C9H17ClN4. The minimum absolute atomic E-state index is 0. The van der Waals surface area contributed by atoms with E-state index in [1.54, 1.807) is 17.2 Å². The molecule has 80 valence electrons. The van der Waals surface area contributed by atoms with Gasteiger partial charge in [0.25, 0.3) is 0 Å². The highest BCUT2D eigenvalue weighted by Gasteiger charge is 2.09. The van der Waals surface area contributed by atoms with Gasteiger partial charge < -0.3 is 4.90 Å². The Hall–Kier alpha value is -0.610. The number of rotatable bonds is 3. The van der Waals surface area contributed by atoms with E-state index in [1.807, 2.05) is 0 Å². The van der Waals surface area contributed by atoms with Gasteiger partial charge in [0.2, 0.25) is 0 Å². The summed E-state index contributed by atoms with van der Waals surface area (Å²) in [6.45, 7) is 4.52. The summed E-state index contributed by atoms with van der Waals surface area (Å²) < 4.78 is 0. The molecule has 0 radical (unpaired) electrons. The highest BCUT2D eigenvalue weighted by Crippen LogP contribution is 2.07. The monoisotopic (exact) mass is 216 g/mol. The number of hydrogen-bond donors (Lipinski definition) is 0. The fourth-order valence-corrected chi connectivity index (χ4v) is 1.77.